The Hall–Kier alpha value is -2.03. The Morgan fingerprint density at radius 1 is 1.06 bits per heavy atom. The second-order valence-electron chi connectivity index (χ2n) is 4.53. The number of aryl methyl sites for hydroxylation is 1. The topological polar surface area (TPSA) is 27.4 Å². The molecule has 1 aliphatic rings. The van der Waals surface area contributed by atoms with Gasteiger partial charge in [0.1, 0.15) is 12.8 Å². The highest BCUT2D eigenvalue weighted by molar-refractivity contribution is 5.51. The minimum Gasteiger partial charge on any atom is -0.508 e. The van der Waals surface area contributed by atoms with Crippen molar-refractivity contribution in [1.29, 1.82) is 0 Å². The van der Waals surface area contributed by atoms with Gasteiger partial charge in [-0.1, -0.05) is 6.07 Å². The molecule has 1 aromatic carbocycles. The van der Waals surface area contributed by atoms with Gasteiger partial charge in [-0.15, -0.1) is 0 Å². The molecule has 0 atom stereocenters. The summed E-state index contributed by atoms with van der Waals surface area (Å²) in [6.45, 7) is 1.79. The Morgan fingerprint density at radius 3 is 2.53 bits per heavy atom. The average Bonchev–Trinajstić information content (AvgIpc) is 2.72. The van der Waals surface area contributed by atoms with Gasteiger partial charge >= 0.3 is 0 Å². The molecule has 17 heavy (non-hydrogen) atoms. The molecule has 2 heterocycles. The van der Waals surface area contributed by atoms with Crippen molar-refractivity contribution >= 4 is 5.69 Å². The number of fused-ring (bicyclic) bond motifs is 1. The molecule has 0 amide bonds. The lowest BCUT2D eigenvalue weighted by molar-refractivity contribution is -0.671. The van der Waals surface area contributed by atoms with E-state index < -0.39 is 0 Å². The van der Waals surface area contributed by atoms with E-state index in [-0.39, 0.29) is 0 Å². The van der Waals surface area contributed by atoms with Crippen LogP contribution in [0, 0.1) is 0 Å². The van der Waals surface area contributed by atoms with Crippen LogP contribution >= 0.6 is 0 Å². The van der Waals surface area contributed by atoms with Crippen LogP contribution in [-0.4, -0.2) is 5.11 Å². The van der Waals surface area contributed by atoms with Gasteiger partial charge in [-0.2, -0.15) is 0 Å². The molecule has 0 saturated heterocycles. The lowest BCUT2D eigenvalue weighted by Crippen LogP contribution is -2.27. The zero-order valence-corrected chi connectivity index (χ0v) is 9.80. The third-order valence-electron chi connectivity index (χ3n) is 3.24. The summed E-state index contributed by atoms with van der Waals surface area (Å²) in [6.07, 6.45) is 4.10. The van der Waals surface area contributed by atoms with Crippen LogP contribution < -0.4 is 9.47 Å². The number of pyridine rings is 1. The van der Waals surface area contributed by atoms with Gasteiger partial charge in [0.05, 0.1) is 0 Å². The van der Waals surface area contributed by atoms with E-state index in [4.69, 9.17) is 0 Å². The summed E-state index contributed by atoms with van der Waals surface area (Å²) in [4.78, 5) is 2.31. The molecule has 0 bridgehead atoms. The van der Waals surface area contributed by atoms with Crippen LogP contribution in [0.3, 0.4) is 0 Å². The van der Waals surface area contributed by atoms with E-state index in [0.717, 1.165) is 13.1 Å². The van der Waals surface area contributed by atoms with Crippen molar-refractivity contribution in [2.45, 2.75) is 13.1 Å². The number of anilines is 1. The van der Waals surface area contributed by atoms with Gasteiger partial charge in [-0.3, -0.25) is 0 Å². The predicted octanol–water partition coefficient (Wildman–Crippen LogP) is 1.74. The molecular formula is C14H15N2O+. The highest BCUT2D eigenvalue weighted by Crippen LogP contribution is 2.29. The second kappa shape index (κ2) is 3.77. The Morgan fingerprint density at radius 2 is 1.76 bits per heavy atom. The fraction of sp³-hybridized carbons (Fsp3) is 0.214. The first kappa shape index (κ1) is 10.1. The largest absolute Gasteiger partial charge is 0.508 e. The molecule has 3 nitrogen and oxygen atoms in total. The minimum atomic E-state index is 0.352. The van der Waals surface area contributed by atoms with Crippen LogP contribution in [0.5, 0.6) is 5.75 Å². The first-order valence-corrected chi connectivity index (χ1v) is 5.73. The molecule has 2 aromatic rings. The summed E-state index contributed by atoms with van der Waals surface area (Å²) in [6, 6.07) is 9.86. The monoisotopic (exact) mass is 227 g/mol. The number of phenolic OH excluding ortho intramolecular Hbond substituents is 1. The number of hydrogen-bond acceptors (Lipinski definition) is 2. The van der Waals surface area contributed by atoms with Crippen LogP contribution in [0.25, 0.3) is 0 Å². The molecule has 3 rings (SSSR count). The first-order valence-electron chi connectivity index (χ1n) is 5.73. The summed E-state index contributed by atoms with van der Waals surface area (Å²) in [5, 5.41) is 9.47. The van der Waals surface area contributed by atoms with Gasteiger partial charge < -0.3 is 10.0 Å². The fourth-order valence-electron chi connectivity index (χ4n) is 2.27. The summed E-state index contributed by atoms with van der Waals surface area (Å²) < 4.78 is 2.03. The summed E-state index contributed by atoms with van der Waals surface area (Å²) in [5.41, 5.74) is 3.74. The van der Waals surface area contributed by atoms with E-state index in [9.17, 15) is 5.11 Å². The van der Waals surface area contributed by atoms with Crippen LogP contribution in [0.2, 0.25) is 0 Å². The molecule has 86 valence electrons. The van der Waals surface area contributed by atoms with E-state index in [2.05, 4.69) is 29.4 Å². The standard InChI is InChI=1S/C14H14N2O/c1-15-6-4-13(5-7-15)16-9-11-2-3-14(17)8-12(11)10-16/h2-8H,9-10H2,1H3/p+1. The quantitative estimate of drug-likeness (QED) is 0.751. The van der Waals surface area contributed by atoms with E-state index in [1.165, 1.54) is 16.8 Å². The number of phenols is 1. The maximum atomic E-state index is 9.47. The molecule has 0 fully saturated rings. The Balaban J connectivity index is 1.88. The lowest BCUT2D eigenvalue weighted by atomic mass is 10.1. The maximum Gasteiger partial charge on any atom is 0.170 e. The Labute approximate surface area is 101 Å². The van der Waals surface area contributed by atoms with Crippen LogP contribution in [-0.2, 0) is 20.1 Å². The fourth-order valence-corrected chi connectivity index (χ4v) is 2.27. The molecule has 1 aromatic heterocycles. The van der Waals surface area contributed by atoms with Crippen molar-refractivity contribution in [1.82, 2.24) is 0 Å². The average molecular weight is 227 g/mol. The van der Waals surface area contributed by atoms with Crippen molar-refractivity contribution < 1.29 is 9.67 Å². The highest BCUT2D eigenvalue weighted by atomic mass is 16.3. The van der Waals surface area contributed by atoms with Gasteiger partial charge in [0, 0.05) is 30.9 Å². The molecule has 3 heteroatoms. The molecular weight excluding hydrogens is 212 g/mol. The van der Waals surface area contributed by atoms with Crippen LogP contribution in [0.1, 0.15) is 11.1 Å². The third kappa shape index (κ3) is 1.84. The lowest BCUT2D eigenvalue weighted by Gasteiger charge is -2.16. The summed E-state index contributed by atoms with van der Waals surface area (Å²) >= 11 is 0. The van der Waals surface area contributed by atoms with Crippen LogP contribution in [0.4, 0.5) is 5.69 Å². The third-order valence-corrected chi connectivity index (χ3v) is 3.24. The number of benzene rings is 1. The first-order chi connectivity index (χ1) is 8.22. The SMILES string of the molecule is C[n+]1ccc(N2Cc3ccc(O)cc3C2)cc1. The van der Waals surface area contributed by atoms with Gasteiger partial charge in [0.25, 0.3) is 0 Å². The summed E-state index contributed by atoms with van der Waals surface area (Å²) in [5.74, 6) is 0.352. The molecule has 0 unspecified atom stereocenters. The van der Waals surface area contributed by atoms with Crippen LogP contribution in [0.15, 0.2) is 42.7 Å². The molecule has 1 aliphatic heterocycles. The molecule has 1 N–H and O–H groups in total. The summed E-state index contributed by atoms with van der Waals surface area (Å²) in [7, 11) is 2.01. The van der Waals surface area contributed by atoms with E-state index in [1.807, 2.05) is 23.7 Å². The van der Waals surface area contributed by atoms with E-state index in [0.29, 0.717) is 5.75 Å². The van der Waals surface area contributed by atoms with Crippen molar-refractivity contribution in [2.24, 2.45) is 7.05 Å². The second-order valence-corrected chi connectivity index (χ2v) is 4.53. The number of aromatic nitrogens is 1. The van der Waals surface area contributed by atoms with Gasteiger partial charge in [-0.05, 0) is 23.3 Å². The highest BCUT2D eigenvalue weighted by Gasteiger charge is 2.19. The molecule has 0 saturated carbocycles. The molecule has 0 aliphatic carbocycles. The van der Waals surface area contributed by atoms with Gasteiger partial charge in [0.2, 0.25) is 0 Å². The maximum absolute atomic E-state index is 9.47. The van der Waals surface area contributed by atoms with Gasteiger partial charge in [-0.25, -0.2) is 4.57 Å². The number of hydrogen-bond donors (Lipinski definition) is 1. The number of aromatic hydroxyl groups is 1. The van der Waals surface area contributed by atoms with Crippen molar-refractivity contribution in [2.75, 3.05) is 4.90 Å². The molecule has 0 spiro atoms. The number of nitrogens with zero attached hydrogens (tertiary/aromatic N) is 2. The van der Waals surface area contributed by atoms with Crippen molar-refractivity contribution in [3.05, 3.63) is 53.9 Å². The zero-order valence-electron chi connectivity index (χ0n) is 9.80. The van der Waals surface area contributed by atoms with E-state index in [1.54, 1.807) is 6.07 Å². The predicted molar refractivity (Wildman–Crippen MR) is 65.6 cm³/mol. The van der Waals surface area contributed by atoms with Crippen molar-refractivity contribution in [3.8, 4) is 5.75 Å². The molecule has 0 radical (unpaired) electrons. The Kier molecular flexibility index (Phi) is 2.25. The number of rotatable bonds is 1. The van der Waals surface area contributed by atoms with Crippen molar-refractivity contribution in [3.63, 3.8) is 0 Å². The van der Waals surface area contributed by atoms with E-state index >= 15 is 0 Å². The smallest absolute Gasteiger partial charge is 0.170 e. The Bertz CT molecular complexity index is 549. The normalized spacial score (nSPS) is 13.8. The van der Waals surface area contributed by atoms with Gasteiger partial charge in [0.15, 0.2) is 12.4 Å². The zero-order chi connectivity index (χ0) is 11.8. The minimum absolute atomic E-state index is 0.352.